The van der Waals surface area contributed by atoms with E-state index in [0.29, 0.717) is 28.6 Å². The third kappa shape index (κ3) is 6.27. The zero-order valence-corrected chi connectivity index (χ0v) is 23.1. The lowest BCUT2D eigenvalue weighted by Gasteiger charge is -2.25. The number of aromatic nitrogens is 3. The van der Waals surface area contributed by atoms with Gasteiger partial charge in [-0.2, -0.15) is 13.9 Å². The monoisotopic (exact) mass is 547 g/mol. The summed E-state index contributed by atoms with van der Waals surface area (Å²) in [6.45, 7) is 4.93. The van der Waals surface area contributed by atoms with Gasteiger partial charge in [0.1, 0.15) is 6.73 Å². The lowest BCUT2D eigenvalue weighted by Crippen LogP contribution is -2.22. The van der Waals surface area contributed by atoms with Gasteiger partial charge in [0.2, 0.25) is 0 Å². The minimum absolute atomic E-state index is 0.0171. The van der Waals surface area contributed by atoms with E-state index in [1.807, 2.05) is 4.57 Å². The molecule has 3 aromatic rings. The van der Waals surface area contributed by atoms with Crippen LogP contribution in [0.3, 0.4) is 0 Å². The lowest BCUT2D eigenvalue weighted by atomic mass is 9.96. The van der Waals surface area contributed by atoms with Crippen LogP contribution in [0.15, 0.2) is 29.2 Å². The molecule has 2 saturated carbocycles. The van der Waals surface area contributed by atoms with E-state index in [9.17, 15) is 13.6 Å². The smallest absolute Gasteiger partial charge is 0.387 e. The Balaban J connectivity index is 1.59. The van der Waals surface area contributed by atoms with Crippen molar-refractivity contribution in [1.82, 2.24) is 14.8 Å². The Bertz CT molecular complexity index is 1330. The van der Waals surface area contributed by atoms with Crippen molar-refractivity contribution in [3.63, 3.8) is 0 Å². The fraction of sp³-hybridized carbons (Fsp3) is 0.556. The first kappa shape index (κ1) is 26.8. The molecule has 0 aliphatic heterocycles. The van der Waals surface area contributed by atoms with Crippen LogP contribution in [0.4, 0.5) is 8.78 Å². The number of fused-ring (bicyclic) bond motifs is 1. The summed E-state index contributed by atoms with van der Waals surface area (Å²) in [7, 11) is -1.30. The molecule has 0 amide bonds. The molecule has 38 heavy (non-hydrogen) atoms. The maximum Gasteiger partial charge on any atom is 0.387 e. The van der Waals surface area contributed by atoms with Gasteiger partial charge in [-0.3, -0.25) is 4.79 Å². The van der Waals surface area contributed by atoms with Crippen LogP contribution in [-0.4, -0.2) is 48.3 Å². The standard InChI is InChI=1S/C27H35F2N3O5Si/c1-38(2,3)12-11-34-16-32-21-14-30-31-26(33)24(21)20(15-35-18-5-4-6-18)25(32)17-7-10-22(37-27(28)29)23(13-17)36-19-8-9-19/h7,10,13-14,18-19,27H,4-6,8-9,11-12,15-16H2,1-3H3,(H,31,33). The quantitative estimate of drug-likeness (QED) is 0.211. The molecular formula is C27H35F2N3O5Si. The highest BCUT2D eigenvalue weighted by molar-refractivity contribution is 6.76. The number of benzene rings is 1. The Morgan fingerprint density at radius 3 is 2.58 bits per heavy atom. The Morgan fingerprint density at radius 1 is 1.13 bits per heavy atom. The van der Waals surface area contributed by atoms with Crippen LogP contribution in [0, 0.1) is 0 Å². The minimum Gasteiger partial charge on any atom is -0.487 e. The number of ether oxygens (including phenoxy) is 4. The molecule has 0 saturated heterocycles. The maximum absolute atomic E-state index is 13.1. The fourth-order valence-electron chi connectivity index (χ4n) is 4.47. The highest BCUT2D eigenvalue weighted by atomic mass is 28.3. The molecule has 2 aliphatic rings. The molecule has 11 heteroatoms. The van der Waals surface area contributed by atoms with Crippen LogP contribution < -0.4 is 15.0 Å². The third-order valence-corrected chi connectivity index (χ3v) is 8.67. The molecule has 1 aromatic carbocycles. The number of alkyl halides is 2. The van der Waals surface area contributed by atoms with E-state index in [4.69, 9.17) is 18.9 Å². The summed E-state index contributed by atoms with van der Waals surface area (Å²) >= 11 is 0. The van der Waals surface area contributed by atoms with Crippen molar-refractivity contribution in [2.24, 2.45) is 0 Å². The lowest BCUT2D eigenvalue weighted by molar-refractivity contribution is -0.0516. The van der Waals surface area contributed by atoms with Crippen molar-refractivity contribution in [2.75, 3.05) is 6.61 Å². The highest BCUT2D eigenvalue weighted by Crippen LogP contribution is 2.41. The first-order valence-electron chi connectivity index (χ1n) is 13.2. The van der Waals surface area contributed by atoms with Gasteiger partial charge >= 0.3 is 6.61 Å². The largest absolute Gasteiger partial charge is 0.487 e. The average Bonchev–Trinajstić information content (AvgIpc) is 3.57. The molecule has 0 unspecified atom stereocenters. The van der Waals surface area contributed by atoms with Gasteiger partial charge in [-0.1, -0.05) is 19.6 Å². The van der Waals surface area contributed by atoms with Gasteiger partial charge in [0, 0.05) is 25.8 Å². The minimum atomic E-state index is -2.97. The molecule has 0 radical (unpaired) electrons. The molecule has 2 aromatic heterocycles. The van der Waals surface area contributed by atoms with E-state index >= 15 is 0 Å². The van der Waals surface area contributed by atoms with E-state index in [0.717, 1.165) is 43.8 Å². The van der Waals surface area contributed by atoms with E-state index in [1.165, 1.54) is 6.07 Å². The average molecular weight is 548 g/mol. The van der Waals surface area contributed by atoms with Crippen molar-refractivity contribution in [1.29, 1.82) is 0 Å². The molecule has 2 fully saturated rings. The molecule has 206 valence electrons. The Labute approximate surface area is 221 Å². The highest BCUT2D eigenvalue weighted by Gasteiger charge is 2.28. The van der Waals surface area contributed by atoms with Gasteiger partial charge in [-0.25, -0.2) is 5.10 Å². The van der Waals surface area contributed by atoms with Crippen LogP contribution in [0.25, 0.3) is 22.2 Å². The summed E-state index contributed by atoms with van der Waals surface area (Å²) in [6.07, 6.45) is 6.60. The Hall–Kier alpha value is -2.76. The van der Waals surface area contributed by atoms with Gasteiger partial charge in [0.15, 0.2) is 11.5 Å². The van der Waals surface area contributed by atoms with Gasteiger partial charge in [0.25, 0.3) is 5.56 Å². The number of aromatic amines is 1. The number of nitrogens with zero attached hydrogens (tertiary/aromatic N) is 2. The summed E-state index contributed by atoms with van der Waals surface area (Å²) < 4.78 is 51.1. The van der Waals surface area contributed by atoms with Gasteiger partial charge in [0.05, 0.1) is 41.6 Å². The second-order valence-corrected chi connectivity index (χ2v) is 16.9. The molecule has 2 heterocycles. The van der Waals surface area contributed by atoms with E-state index < -0.39 is 14.7 Å². The van der Waals surface area contributed by atoms with Crippen LogP contribution in [0.2, 0.25) is 25.7 Å². The second-order valence-electron chi connectivity index (χ2n) is 11.3. The second kappa shape index (κ2) is 11.2. The normalized spacial score (nSPS) is 16.3. The van der Waals surface area contributed by atoms with Crippen molar-refractivity contribution < 1.29 is 27.7 Å². The molecule has 1 N–H and O–H groups in total. The van der Waals surface area contributed by atoms with Crippen molar-refractivity contribution in [3.8, 4) is 22.8 Å². The molecule has 0 spiro atoms. The number of nitrogens with one attached hydrogen (secondary N) is 1. The zero-order chi connectivity index (χ0) is 26.9. The van der Waals surface area contributed by atoms with Gasteiger partial charge in [-0.05, 0) is 56.3 Å². The van der Waals surface area contributed by atoms with Gasteiger partial charge < -0.3 is 23.5 Å². The predicted molar refractivity (Wildman–Crippen MR) is 143 cm³/mol. The summed E-state index contributed by atoms with van der Waals surface area (Å²) in [6, 6.07) is 5.90. The van der Waals surface area contributed by atoms with Crippen molar-refractivity contribution >= 4 is 19.0 Å². The van der Waals surface area contributed by atoms with Crippen LogP contribution in [0.5, 0.6) is 11.5 Å². The Morgan fingerprint density at radius 2 is 1.92 bits per heavy atom. The topological polar surface area (TPSA) is 87.6 Å². The van der Waals surface area contributed by atoms with Crippen molar-refractivity contribution in [2.45, 2.75) is 89.9 Å². The zero-order valence-electron chi connectivity index (χ0n) is 22.1. The Kier molecular flexibility index (Phi) is 7.87. The van der Waals surface area contributed by atoms with Crippen LogP contribution >= 0.6 is 0 Å². The van der Waals surface area contributed by atoms with Gasteiger partial charge in [-0.15, -0.1) is 0 Å². The molecule has 5 rings (SSSR count). The maximum atomic E-state index is 13.1. The summed E-state index contributed by atoms with van der Waals surface area (Å²) in [5, 5.41) is 7.08. The van der Waals surface area contributed by atoms with Crippen LogP contribution in [0.1, 0.15) is 37.7 Å². The molecular weight excluding hydrogens is 512 g/mol. The predicted octanol–water partition coefficient (Wildman–Crippen LogP) is 5.92. The van der Waals surface area contributed by atoms with Crippen LogP contribution in [-0.2, 0) is 22.8 Å². The summed E-state index contributed by atoms with van der Waals surface area (Å²) in [5.74, 6) is 0.233. The van der Waals surface area contributed by atoms with Crippen molar-refractivity contribution in [3.05, 3.63) is 40.3 Å². The first-order valence-corrected chi connectivity index (χ1v) is 16.9. The summed E-state index contributed by atoms with van der Waals surface area (Å²) in [4.78, 5) is 13.0. The van der Waals surface area contributed by atoms with E-state index in [-0.39, 0.29) is 42.6 Å². The molecule has 0 atom stereocenters. The number of rotatable bonds is 13. The number of halogens is 2. The summed E-state index contributed by atoms with van der Waals surface area (Å²) in [5.41, 5.74) is 2.43. The number of hydrogen-bond acceptors (Lipinski definition) is 6. The molecule has 2 aliphatic carbocycles. The fourth-order valence-corrected chi connectivity index (χ4v) is 5.23. The number of H-pyrrole nitrogens is 1. The first-order chi connectivity index (χ1) is 18.2. The third-order valence-electron chi connectivity index (χ3n) is 6.97. The SMILES string of the molecule is C[Si](C)(C)CCOCn1c(-c2ccc(OC(F)F)c(OC3CC3)c2)c(COC2CCC2)c2c(=O)[nH]ncc21. The van der Waals surface area contributed by atoms with E-state index in [2.05, 4.69) is 29.8 Å². The molecule has 8 nitrogen and oxygen atoms in total. The van der Waals surface area contributed by atoms with E-state index in [1.54, 1.807) is 18.3 Å². The number of hydrogen-bond donors (Lipinski definition) is 1. The molecule has 0 bridgehead atoms.